The van der Waals surface area contributed by atoms with Crippen molar-refractivity contribution in [3.63, 3.8) is 0 Å². The van der Waals surface area contributed by atoms with Gasteiger partial charge in [0, 0.05) is 0 Å². The van der Waals surface area contributed by atoms with Gasteiger partial charge in [-0.2, -0.15) is 0 Å². The number of nitriles is 6. The quantitative estimate of drug-likeness (QED) is 0.338. The van der Waals surface area contributed by atoms with Gasteiger partial charge in [-0.15, -0.1) is 0 Å². The summed E-state index contributed by atoms with van der Waals surface area (Å²) in [6.07, 6.45) is 0. The fourth-order valence-corrected chi connectivity index (χ4v) is 1.45. The molecule has 0 unspecified atom stereocenters. The predicted octanol–water partition coefficient (Wildman–Crippen LogP) is -11.7. The molecule has 0 aliphatic carbocycles. The molecule has 0 rings (SSSR count). The number of rotatable bonds is 1. The third-order valence-electron chi connectivity index (χ3n) is 1.59. The van der Waals surface area contributed by atoms with Gasteiger partial charge in [-0.25, -0.2) is 0 Å². The summed E-state index contributed by atoms with van der Waals surface area (Å²) < 4.78 is 1.85. The first-order valence-electron chi connectivity index (χ1n) is 2.74. The molecule has 13 heteroatoms. The SMILES string of the molecule is N#[C][Fe-4]([C]#N)([C]#N)([C]#N)([C]#N)([C]#N)[N]=O.[Na+].[Na+].[Na+].[Na+]. The normalized spacial score (nSPS) is 12.4. The Bertz CT molecular complexity index is 520. The van der Waals surface area contributed by atoms with Crippen LogP contribution in [0.15, 0.2) is 4.19 Å². The van der Waals surface area contributed by atoms with Gasteiger partial charge >= 0.3 is 199 Å². The van der Waals surface area contributed by atoms with Crippen LogP contribution in [0.25, 0.3) is 0 Å². The van der Waals surface area contributed by atoms with Crippen molar-refractivity contribution in [2.45, 2.75) is 0 Å². The summed E-state index contributed by atoms with van der Waals surface area (Å²) in [4.78, 5) is 14.9. The van der Waals surface area contributed by atoms with Crippen molar-refractivity contribution in [3.05, 3.63) is 4.91 Å². The van der Waals surface area contributed by atoms with E-state index in [1.54, 1.807) is 0 Å². The van der Waals surface area contributed by atoms with Crippen LogP contribution < -0.4 is 118 Å². The van der Waals surface area contributed by atoms with E-state index in [9.17, 15) is 4.91 Å². The van der Waals surface area contributed by atoms with Crippen molar-refractivity contribution in [2.24, 2.45) is 4.19 Å². The Morgan fingerprint density at radius 3 is 0.737 bits per heavy atom. The zero-order chi connectivity index (χ0) is 12.3. The van der Waals surface area contributed by atoms with E-state index in [0.717, 1.165) is 0 Å². The molecule has 0 aliphatic rings. The smallest absolute Gasteiger partial charge is 1.00 e. The largest absolute Gasteiger partial charge is 1.00 e. The summed E-state index contributed by atoms with van der Waals surface area (Å²) in [6.45, 7) is 0. The van der Waals surface area contributed by atoms with E-state index in [2.05, 4.69) is 0 Å². The van der Waals surface area contributed by atoms with E-state index >= 15 is 0 Å². The van der Waals surface area contributed by atoms with E-state index in [4.69, 9.17) is 31.6 Å². The van der Waals surface area contributed by atoms with Gasteiger partial charge in [0.1, 0.15) is 0 Å². The summed E-state index contributed by atoms with van der Waals surface area (Å²) in [5.41, 5.74) is 0. The molecule has 0 bridgehead atoms. The molecule has 0 saturated heterocycles. The fourth-order valence-electron chi connectivity index (χ4n) is 0.352. The summed E-state index contributed by atoms with van der Waals surface area (Å²) in [6, 6.07) is 0. The molecule has 0 aromatic carbocycles. The van der Waals surface area contributed by atoms with E-state index in [1.165, 1.54) is 0 Å². The molecule has 0 amide bonds. The maximum atomic E-state index is 10.7. The molecule has 19 heavy (non-hydrogen) atoms. The van der Waals surface area contributed by atoms with Crippen LogP contribution >= 0.6 is 0 Å². The van der Waals surface area contributed by atoms with Gasteiger partial charge in [0.15, 0.2) is 0 Å². The number of nitrogens with zero attached hydrogens (tertiary/aromatic N) is 7. The molecule has 0 atom stereocenters. The molecule has 0 aliphatic heterocycles. The van der Waals surface area contributed by atoms with Crippen molar-refractivity contribution in [1.82, 2.24) is 0 Å². The molecular weight excluding hydrogens is 334 g/mol. The van der Waals surface area contributed by atoms with Gasteiger partial charge in [-0.1, -0.05) is 0 Å². The summed E-state index contributed by atoms with van der Waals surface area (Å²) >= 11 is 0. The van der Waals surface area contributed by atoms with Gasteiger partial charge in [0.05, 0.1) is 0 Å². The van der Waals surface area contributed by atoms with Gasteiger partial charge in [0.2, 0.25) is 0 Å². The van der Waals surface area contributed by atoms with Crippen molar-refractivity contribution in [2.75, 3.05) is 0 Å². The molecule has 0 N–H and O–H groups in total. The number of hydrogen-bond acceptors (Lipinski definition) is 8. The fraction of sp³-hybridized carbons (Fsp3) is 0. The van der Waals surface area contributed by atoms with Crippen molar-refractivity contribution in [1.29, 1.82) is 31.6 Å². The second-order valence-corrected chi connectivity index (χ2v) is 9.64. The zero-order valence-electron chi connectivity index (χ0n) is 10.9. The second kappa shape index (κ2) is 7.36. The molecule has 0 fully saturated rings. The van der Waals surface area contributed by atoms with Gasteiger partial charge in [-0.3, -0.25) is 0 Å². The summed E-state index contributed by atoms with van der Waals surface area (Å²) in [7, 11) is -7.77. The van der Waals surface area contributed by atoms with Gasteiger partial charge in [-0.05, 0) is 0 Å². The molecule has 0 saturated carbocycles. The molecule has 0 spiro atoms. The average Bonchev–Trinajstić information content (AvgIpc) is 2.38. The zero-order valence-corrected chi connectivity index (χ0v) is 20.0. The van der Waals surface area contributed by atoms with Crippen LogP contribution in [0.1, 0.15) is 0 Å². The minimum atomic E-state index is -7.77. The number of hydrogen-bond donors (Lipinski definition) is 0. The molecule has 0 aromatic heterocycles. The first-order valence-corrected chi connectivity index (χ1v) is 6.55. The Kier molecular flexibility index (Phi) is 12.4. The third-order valence-corrected chi connectivity index (χ3v) is 6.56. The van der Waals surface area contributed by atoms with Crippen LogP contribution in [0, 0.1) is 66.3 Å². The summed E-state index contributed by atoms with van der Waals surface area (Å²) in [5.74, 6) is 0. The van der Waals surface area contributed by atoms with Crippen LogP contribution in [0.5, 0.6) is 0 Å². The van der Waals surface area contributed by atoms with Crippen LogP contribution in [-0.4, -0.2) is 0 Å². The van der Waals surface area contributed by atoms with Crippen LogP contribution in [-0.2, 0) is 9.90 Å². The predicted molar refractivity (Wildman–Crippen MR) is 39.5 cm³/mol. The molecule has 0 aromatic rings. The maximum Gasteiger partial charge on any atom is 1.00 e. The van der Waals surface area contributed by atoms with Gasteiger partial charge in [0.25, 0.3) is 0 Å². The Morgan fingerprint density at radius 2 is 0.737 bits per heavy atom. The van der Waals surface area contributed by atoms with Crippen LogP contribution in [0.4, 0.5) is 0 Å². The first-order chi connectivity index (χ1) is 6.82. The monoisotopic (exact) mass is 334 g/mol. The summed E-state index contributed by atoms with van der Waals surface area (Å²) in [5, 5.41) is 52.4. The molecule has 0 heterocycles. The number of nitroso groups, excluding NO2 is 1. The minimum Gasteiger partial charge on any atom is 1.00 e. The molecule has 0 radical (unpaired) electrons. The van der Waals surface area contributed by atoms with Crippen molar-refractivity contribution >= 4 is 0 Å². The maximum absolute atomic E-state index is 10.7. The Morgan fingerprint density at radius 1 is 0.579 bits per heavy atom. The average molecular weight is 334 g/mol. The van der Waals surface area contributed by atoms with E-state index in [0.29, 0.717) is 29.8 Å². The van der Waals surface area contributed by atoms with Crippen molar-refractivity contribution in [3.8, 4) is 29.8 Å². The Balaban J connectivity index is -0.000000163. The topological polar surface area (TPSA) is 172 Å². The van der Waals surface area contributed by atoms with Gasteiger partial charge < -0.3 is 0 Å². The van der Waals surface area contributed by atoms with E-state index in [1.807, 2.05) is 4.19 Å². The van der Waals surface area contributed by atoms with Crippen LogP contribution in [0.2, 0.25) is 0 Å². The first kappa shape index (κ1) is 32.1. The van der Waals surface area contributed by atoms with Crippen molar-refractivity contribution < 1.29 is 128 Å². The Labute approximate surface area is 194 Å². The Hall–Kier alpha value is 1.06. The second-order valence-electron chi connectivity index (χ2n) is 2.34. The van der Waals surface area contributed by atoms with E-state index < -0.39 is 9.90 Å². The van der Waals surface area contributed by atoms with E-state index in [-0.39, 0.29) is 118 Å². The third kappa shape index (κ3) is 2.99. The minimum absolute atomic E-state index is 0. The molecule has 77 valence electrons. The van der Waals surface area contributed by atoms with Crippen LogP contribution in [0.3, 0.4) is 0 Å². The molecular formula is C6FeN7Na4O. The molecule has 8 nitrogen and oxygen atoms in total. The standard InChI is InChI=1S/6CN.Fe.NO.4Na/c6*1-2;;1-2;;;;/q;;;;;;-3;-1;4*+1.